The van der Waals surface area contributed by atoms with Crippen LogP contribution in [0.2, 0.25) is 0 Å². The molecule has 3 aliphatic heterocycles. The molecule has 1 spiro atoms. The Morgan fingerprint density at radius 3 is 2.25 bits per heavy atom. The maximum Gasteiger partial charge on any atom is 0.165 e. The number of fused-ring (bicyclic) bond motifs is 1. The first kappa shape index (κ1) is 28.2. The number of likely N-dealkylation sites (tertiary alicyclic amines) is 2. The van der Waals surface area contributed by atoms with Crippen LogP contribution in [0, 0.1) is 11.8 Å². The summed E-state index contributed by atoms with van der Waals surface area (Å²) in [6.07, 6.45) is 11.6. The third-order valence-electron chi connectivity index (χ3n) is 12.2. The quantitative estimate of drug-likeness (QED) is 0.508. The lowest BCUT2D eigenvalue weighted by molar-refractivity contribution is -0.118. The second kappa shape index (κ2) is 9.83. The number of piperidine rings is 2. The first-order chi connectivity index (χ1) is 21.2. The van der Waals surface area contributed by atoms with E-state index in [1.807, 2.05) is 18.2 Å². The normalized spacial score (nSPS) is 37.2. The molecule has 2 saturated heterocycles. The number of methoxy groups -OCH3 is 2. The first-order valence-electron chi connectivity index (χ1n) is 16.0. The predicted octanol–water partition coefficient (Wildman–Crippen LogP) is 3.55. The minimum absolute atomic E-state index is 0.0806. The van der Waals surface area contributed by atoms with E-state index >= 15 is 0 Å². The molecular weight excluding hydrogens is 556 g/mol. The van der Waals surface area contributed by atoms with E-state index in [1.54, 1.807) is 20.3 Å². The van der Waals surface area contributed by atoms with Crippen LogP contribution >= 0.6 is 0 Å². The van der Waals surface area contributed by atoms with E-state index in [-0.39, 0.29) is 34.4 Å². The molecular formula is C36H42N2O6. The Morgan fingerprint density at radius 1 is 0.864 bits per heavy atom. The summed E-state index contributed by atoms with van der Waals surface area (Å²) in [4.78, 5) is 17.0. The second-order valence-corrected chi connectivity index (χ2v) is 14.0. The lowest BCUT2D eigenvalue weighted by atomic mass is 9.53. The summed E-state index contributed by atoms with van der Waals surface area (Å²) in [5.41, 5.74) is 4.45. The molecule has 2 aromatic rings. The van der Waals surface area contributed by atoms with Crippen molar-refractivity contribution in [3.05, 3.63) is 70.8 Å². The van der Waals surface area contributed by atoms with Gasteiger partial charge in [0.05, 0.1) is 14.2 Å². The van der Waals surface area contributed by atoms with Crippen LogP contribution in [-0.4, -0.2) is 91.5 Å². The summed E-state index contributed by atoms with van der Waals surface area (Å²) >= 11 is 0. The Labute approximate surface area is 258 Å². The van der Waals surface area contributed by atoms with E-state index in [0.717, 1.165) is 61.4 Å². The van der Waals surface area contributed by atoms with Crippen molar-refractivity contribution in [1.29, 1.82) is 0 Å². The molecule has 2 aromatic carbocycles. The van der Waals surface area contributed by atoms with Gasteiger partial charge in [-0.05, 0) is 82.2 Å². The molecule has 7 aliphatic rings. The number of likely N-dealkylation sites (N-methyl/N-ethyl adjacent to an activating group) is 2. The van der Waals surface area contributed by atoms with Gasteiger partial charge in [0.2, 0.25) is 0 Å². The van der Waals surface area contributed by atoms with Crippen molar-refractivity contribution in [3.63, 3.8) is 0 Å². The third-order valence-corrected chi connectivity index (χ3v) is 12.2. The molecule has 232 valence electrons. The van der Waals surface area contributed by atoms with E-state index in [0.29, 0.717) is 30.2 Å². The lowest BCUT2D eigenvalue weighted by Crippen LogP contribution is -2.64. The van der Waals surface area contributed by atoms with Gasteiger partial charge in [0.25, 0.3) is 0 Å². The number of aliphatic hydroxyl groups excluding tert-OH is 1. The van der Waals surface area contributed by atoms with Gasteiger partial charge in [0.1, 0.15) is 12.2 Å². The number of phenolic OH excluding ortho intramolecular Hbond substituents is 1. The molecule has 3 heterocycles. The van der Waals surface area contributed by atoms with Crippen LogP contribution in [-0.2, 0) is 28.5 Å². The number of carbonyl (C=O) groups excluding carboxylic acids is 1. The van der Waals surface area contributed by atoms with Crippen molar-refractivity contribution in [2.75, 3.05) is 41.4 Å². The fraction of sp³-hybridized carbons (Fsp3) is 0.528. The molecule has 8 heteroatoms. The average Bonchev–Trinajstić information content (AvgIpc) is 3.38. The number of hydrogen-bond donors (Lipinski definition) is 2. The molecule has 0 radical (unpaired) electrons. The van der Waals surface area contributed by atoms with Crippen molar-refractivity contribution < 1.29 is 29.2 Å². The minimum Gasteiger partial charge on any atom is -0.504 e. The summed E-state index contributed by atoms with van der Waals surface area (Å²) in [6, 6.07) is 8.99. The SMILES string of the molecule is COc1ccc2c(c1O)[C@]13CCN(C)[C@H](C2)[C@@H]1C=CC(=O)C3.COc1ccc2c3c1OC1[C@@H](O)C=C[C@H]4[C@@H](C2)N(C)CC[C@]314. The standard InChI is InChI=1S/2C18H21NO3/c1-19-8-7-18-11-4-5-13(20)17(18)22-16-14(21-2)6-3-10(15(16)18)9-12(11)19;1-19-8-7-18-10-12(20)4-5-13(18)14(19)9-11-3-6-15(22-2)17(21)16(11)18/h3-6,11-13,17,20H,7-9H2,1-2H3;3-6,13-14,21H,7-10H2,1-2H3/t11-,12+,13-,17?,18-;13-,14+,18-/m00/s1. The summed E-state index contributed by atoms with van der Waals surface area (Å²) in [7, 11) is 7.64. The second-order valence-electron chi connectivity index (χ2n) is 14.0. The van der Waals surface area contributed by atoms with Crippen LogP contribution in [0.4, 0.5) is 0 Å². The smallest absolute Gasteiger partial charge is 0.165 e. The van der Waals surface area contributed by atoms with Gasteiger partial charge in [-0.3, -0.25) is 4.79 Å². The van der Waals surface area contributed by atoms with Crippen LogP contribution < -0.4 is 14.2 Å². The summed E-state index contributed by atoms with van der Waals surface area (Å²) in [5.74, 6) is 3.28. The topological polar surface area (TPSA) is 91.7 Å². The largest absolute Gasteiger partial charge is 0.504 e. The van der Waals surface area contributed by atoms with E-state index in [2.05, 4.69) is 48.2 Å². The van der Waals surface area contributed by atoms with Gasteiger partial charge in [-0.15, -0.1) is 0 Å². The monoisotopic (exact) mass is 598 g/mol. The van der Waals surface area contributed by atoms with Gasteiger partial charge in [-0.1, -0.05) is 30.4 Å². The molecule has 2 N–H and O–H groups in total. The highest BCUT2D eigenvalue weighted by molar-refractivity contribution is 5.92. The van der Waals surface area contributed by atoms with Crippen LogP contribution in [0.5, 0.6) is 23.0 Å². The van der Waals surface area contributed by atoms with E-state index in [9.17, 15) is 15.0 Å². The Balaban J connectivity index is 0.000000131. The molecule has 4 aliphatic carbocycles. The molecule has 8 atom stereocenters. The maximum absolute atomic E-state index is 12.2. The fourth-order valence-corrected chi connectivity index (χ4v) is 10.2. The highest BCUT2D eigenvalue weighted by Crippen LogP contribution is 2.62. The molecule has 0 aromatic heterocycles. The molecule has 2 fully saturated rings. The maximum atomic E-state index is 12.2. The molecule has 9 rings (SSSR count). The van der Waals surface area contributed by atoms with Crippen LogP contribution in [0.1, 0.15) is 41.5 Å². The molecule has 4 bridgehead atoms. The number of aliphatic hydroxyl groups is 1. The fourth-order valence-electron chi connectivity index (χ4n) is 10.2. The Hall–Kier alpha value is -3.33. The van der Waals surface area contributed by atoms with Gasteiger partial charge in [0.15, 0.2) is 28.8 Å². The Morgan fingerprint density at radius 2 is 1.52 bits per heavy atom. The number of ketones is 1. The van der Waals surface area contributed by atoms with Gasteiger partial charge < -0.3 is 34.2 Å². The number of carbonyl (C=O) groups is 1. The Kier molecular flexibility index (Phi) is 6.29. The number of nitrogens with zero attached hydrogens (tertiary/aromatic N) is 2. The number of rotatable bonds is 2. The lowest BCUT2D eigenvalue weighted by Gasteiger charge is -2.56. The number of hydrogen-bond acceptors (Lipinski definition) is 8. The van der Waals surface area contributed by atoms with E-state index in [1.165, 1.54) is 11.1 Å². The van der Waals surface area contributed by atoms with Crippen molar-refractivity contribution in [2.45, 2.75) is 67.2 Å². The van der Waals surface area contributed by atoms with Gasteiger partial charge >= 0.3 is 0 Å². The summed E-state index contributed by atoms with van der Waals surface area (Å²) in [6.45, 7) is 2.01. The van der Waals surface area contributed by atoms with Crippen LogP contribution in [0.15, 0.2) is 48.6 Å². The predicted molar refractivity (Wildman–Crippen MR) is 166 cm³/mol. The molecule has 44 heavy (non-hydrogen) atoms. The van der Waals surface area contributed by atoms with Gasteiger partial charge in [-0.2, -0.15) is 0 Å². The highest BCUT2D eigenvalue weighted by Gasteiger charge is 2.64. The van der Waals surface area contributed by atoms with Crippen molar-refractivity contribution in [2.24, 2.45) is 11.8 Å². The van der Waals surface area contributed by atoms with Crippen molar-refractivity contribution in [1.82, 2.24) is 9.80 Å². The van der Waals surface area contributed by atoms with Crippen molar-refractivity contribution in [3.8, 4) is 23.0 Å². The number of allylic oxidation sites excluding steroid dienone is 1. The number of benzene rings is 2. The van der Waals surface area contributed by atoms with Crippen LogP contribution in [0.3, 0.4) is 0 Å². The number of phenols is 1. The molecule has 1 unspecified atom stereocenters. The number of ether oxygens (including phenoxy) is 3. The molecule has 0 saturated carbocycles. The zero-order valence-corrected chi connectivity index (χ0v) is 26.0. The third kappa shape index (κ3) is 3.59. The summed E-state index contributed by atoms with van der Waals surface area (Å²) < 4.78 is 17.1. The van der Waals surface area contributed by atoms with Gasteiger partial charge in [0, 0.05) is 52.3 Å². The first-order valence-corrected chi connectivity index (χ1v) is 16.0. The minimum atomic E-state index is -0.539. The van der Waals surface area contributed by atoms with E-state index < -0.39 is 6.10 Å². The van der Waals surface area contributed by atoms with Gasteiger partial charge in [-0.25, -0.2) is 0 Å². The molecule has 8 nitrogen and oxygen atoms in total. The van der Waals surface area contributed by atoms with Crippen molar-refractivity contribution >= 4 is 5.78 Å². The summed E-state index contributed by atoms with van der Waals surface area (Å²) in [5, 5.41) is 21.3. The highest BCUT2D eigenvalue weighted by atomic mass is 16.5. The average molecular weight is 599 g/mol. The zero-order valence-electron chi connectivity index (χ0n) is 26.0. The van der Waals surface area contributed by atoms with E-state index in [4.69, 9.17) is 14.2 Å². The van der Waals surface area contributed by atoms with Crippen LogP contribution in [0.25, 0.3) is 0 Å². The Bertz CT molecular complexity index is 1600. The number of aromatic hydroxyl groups is 1. The molecule has 0 amide bonds. The zero-order chi connectivity index (χ0) is 30.5.